The highest BCUT2D eigenvalue weighted by Crippen LogP contribution is 2.38. The fraction of sp³-hybridized carbons (Fsp3) is 0.211. The third-order valence-electron chi connectivity index (χ3n) is 4.48. The van der Waals surface area contributed by atoms with Crippen LogP contribution in [0.5, 0.6) is 5.75 Å². The number of carbonyl (C=O) groups excluding carboxylic acids is 2. The van der Waals surface area contributed by atoms with Crippen LogP contribution in [-0.2, 0) is 14.3 Å². The van der Waals surface area contributed by atoms with E-state index in [0.29, 0.717) is 11.5 Å². The number of benzene rings is 2. The van der Waals surface area contributed by atoms with Crippen LogP contribution in [0.25, 0.3) is 11.0 Å². The van der Waals surface area contributed by atoms with Crippen LogP contribution in [0.4, 0.5) is 5.95 Å². The molecule has 3 aromatic rings. The maximum atomic E-state index is 12.7. The fourth-order valence-corrected chi connectivity index (χ4v) is 3.38. The Morgan fingerprint density at radius 3 is 2.69 bits per heavy atom. The van der Waals surface area contributed by atoms with Crippen LogP contribution < -0.4 is 5.32 Å². The van der Waals surface area contributed by atoms with Crippen molar-refractivity contribution in [3.05, 3.63) is 54.1 Å². The van der Waals surface area contributed by atoms with E-state index in [2.05, 4.69) is 10.3 Å². The van der Waals surface area contributed by atoms with Gasteiger partial charge in [-0.2, -0.15) is 0 Å². The number of nitrogens with zero attached hydrogens (tertiary/aromatic N) is 2. The lowest BCUT2D eigenvalue weighted by atomic mass is 9.90. The largest absolute Gasteiger partial charge is 0.508 e. The van der Waals surface area contributed by atoms with Crippen LogP contribution in [0.15, 0.2) is 48.5 Å². The zero-order chi connectivity index (χ0) is 18.3. The molecule has 2 heterocycles. The minimum Gasteiger partial charge on any atom is -0.508 e. The van der Waals surface area contributed by atoms with Gasteiger partial charge in [0.15, 0.2) is 5.92 Å². The number of hydrogen-bond acceptors (Lipinski definition) is 5. The highest BCUT2D eigenvalue weighted by molar-refractivity contribution is 6.07. The molecule has 7 nitrogen and oxygen atoms in total. The summed E-state index contributed by atoms with van der Waals surface area (Å²) < 4.78 is 6.99. The molecule has 0 saturated carbocycles. The number of aromatic hydroxyl groups is 1. The molecule has 1 amide bonds. The maximum absolute atomic E-state index is 12.7. The van der Waals surface area contributed by atoms with E-state index in [1.807, 2.05) is 28.8 Å². The lowest BCUT2D eigenvalue weighted by Gasteiger charge is -2.32. The highest BCUT2D eigenvalue weighted by Gasteiger charge is 2.44. The van der Waals surface area contributed by atoms with E-state index >= 15 is 0 Å². The summed E-state index contributed by atoms with van der Waals surface area (Å²) in [7, 11) is 0. The Morgan fingerprint density at radius 1 is 1.23 bits per heavy atom. The number of amides is 1. The number of hydrogen-bond donors (Lipinski definition) is 2. The number of esters is 1. The minimum absolute atomic E-state index is 0.109. The molecule has 1 aliphatic rings. The zero-order valence-electron chi connectivity index (χ0n) is 14.0. The summed E-state index contributed by atoms with van der Waals surface area (Å²) in [5.41, 5.74) is 2.23. The van der Waals surface area contributed by atoms with E-state index in [0.717, 1.165) is 11.0 Å². The molecule has 2 aromatic carbocycles. The highest BCUT2D eigenvalue weighted by atomic mass is 16.5. The van der Waals surface area contributed by atoms with Crippen LogP contribution in [0.2, 0.25) is 0 Å². The topological polar surface area (TPSA) is 93.5 Å². The Morgan fingerprint density at radius 2 is 1.96 bits per heavy atom. The summed E-state index contributed by atoms with van der Waals surface area (Å²) in [5, 5.41) is 12.3. The third-order valence-corrected chi connectivity index (χ3v) is 4.48. The van der Waals surface area contributed by atoms with Crippen molar-refractivity contribution in [1.29, 1.82) is 0 Å². The van der Waals surface area contributed by atoms with Gasteiger partial charge in [-0.05, 0) is 36.8 Å². The summed E-state index contributed by atoms with van der Waals surface area (Å²) in [4.78, 5) is 29.7. The predicted octanol–water partition coefficient (Wildman–Crippen LogP) is 2.46. The van der Waals surface area contributed by atoms with Crippen molar-refractivity contribution in [1.82, 2.24) is 9.55 Å². The minimum atomic E-state index is -1.05. The van der Waals surface area contributed by atoms with E-state index in [4.69, 9.17) is 4.74 Å². The van der Waals surface area contributed by atoms with E-state index in [9.17, 15) is 14.7 Å². The predicted molar refractivity (Wildman–Crippen MR) is 94.7 cm³/mol. The van der Waals surface area contributed by atoms with E-state index in [-0.39, 0.29) is 12.4 Å². The second-order valence-electron chi connectivity index (χ2n) is 6.05. The Hall–Kier alpha value is -3.35. The van der Waals surface area contributed by atoms with Crippen LogP contribution in [0, 0.1) is 5.92 Å². The second kappa shape index (κ2) is 6.18. The molecule has 7 heteroatoms. The van der Waals surface area contributed by atoms with Crippen molar-refractivity contribution in [2.75, 3.05) is 11.9 Å². The molecular formula is C19H17N3O4. The molecule has 0 radical (unpaired) electrons. The van der Waals surface area contributed by atoms with Crippen molar-refractivity contribution in [2.45, 2.75) is 13.0 Å². The summed E-state index contributed by atoms with van der Waals surface area (Å²) >= 11 is 0. The number of anilines is 1. The molecule has 0 fully saturated rings. The maximum Gasteiger partial charge on any atom is 0.321 e. The molecule has 4 rings (SSSR count). The number of fused-ring (bicyclic) bond motifs is 3. The van der Waals surface area contributed by atoms with Crippen LogP contribution >= 0.6 is 0 Å². The molecule has 26 heavy (non-hydrogen) atoms. The summed E-state index contributed by atoms with van der Waals surface area (Å²) in [5.74, 6) is -1.60. The first-order valence-corrected chi connectivity index (χ1v) is 8.33. The monoisotopic (exact) mass is 351 g/mol. The van der Waals surface area contributed by atoms with Crippen molar-refractivity contribution in [3.8, 4) is 5.75 Å². The van der Waals surface area contributed by atoms with Crippen molar-refractivity contribution in [3.63, 3.8) is 0 Å². The van der Waals surface area contributed by atoms with Gasteiger partial charge in [-0.15, -0.1) is 0 Å². The SMILES string of the molecule is CCOC(=O)[C@H]1C(=O)Nc2nc3ccccc3n2[C@H]1c1ccc(O)cc1. The molecule has 0 saturated heterocycles. The average molecular weight is 351 g/mol. The zero-order valence-corrected chi connectivity index (χ0v) is 14.0. The molecule has 0 unspecified atom stereocenters. The molecule has 1 aliphatic heterocycles. The number of imidazole rings is 1. The Labute approximate surface area is 149 Å². The van der Waals surface area contributed by atoms with Crippen molar-refractivity contribution >= 4 is 28.9 Å². The van der Waals surface area contributed by atoms with Crippen LogP contribution in [-0.4, -0.2) is 33.1 Å². The molecule has 0 spiro atoms. The van der Waals surface area contributed by atoms with Crippen LogP contribution in [0.3, 0.4) is 0 Å². The normalized spacial score (nSPS) is 19.0. The first-order chi connectivity index (χ1) is 12.6. The molecule has 2 N–H and O–H groups in total. The van der Waals surface area contributed by atoms with Gasteiger partial charge in [-0.1, -0.05) is 24.3 Å². The van der Waals surface area contributed by atoms with Gasteiger partial charge in [0.05, 0.1) is 23.7 Å². The number of phenols is 1. The van der Waals surface area contributed by atoms with Gasteiger partial charge in [0, 0.05) is 0 Å². The second-order valence-corrected chi connectivity index (χ2v) is 6.05. The quantitative estimate of drug-likeness (QED) is 0.558. The molecular weight excluding hydrogens is 334 g/mol. The number of nitrogens with one attached hydrogen (secondary N) is 1. The fourth-order valence-electron chi connectivity index (χ4n) is 3.38. The first-order valence-electron chi connectivity index (χ1n) is 8.33. The van der Waals surface area contributed by atoms with E-state index < -0.39 is 23.8 Å². The van der Waals surface area contributed by atoms with Gasteiger partial charge in [0.1, 0.15) is 5.75 Å². The Balaban J connectivity index is 1.95. The van der Waals surface area contributed by atoms with Gasteiger partial charge >= 0.3 is 5.97 Å². The number of para-hydroxylation sites is 2. The number of carbonyl (C=O) groups is 2. The molecule has 1 aromatic heterocycles. The standard InChI is InChI=1S/C19H17N3O4/c1-2-26-18(25)15-16(11-7-9-12(23)10-8-11)22-14-6-4-3-5-13(14)20-19(22)21-17(15)24/h3-10,15-16,23H,2H2,1H3,(H,20,21,24)/t15-,16+/m1/s1. The number of rotatable bonds is 3. The number of aromatic nitrogens is 2. The van der Waals surface area contributed by atoms with Gasteiger partial charge in [-0.3, -0.25) is 14.9 Å². The molecule has 132 valence electrons. The number of phenolic OH excluding ortho intramolecular Hbond substituents is 1. The van der Waals surface area contributed by atoms with E-state index in [1.165, 1.54) is 12.1 Å². The molecule has 0 aliphatic carbocycles. The lowest BCUT2D eigenvalue weighted by Crippen LogP contribution is -2.43. The van der Waals surface area contributed by atoms with Gasteiger partial charge in [0.2, 0.25) is 11.9 Å². The molecule has 2 atom stereocenters. The number of ether oxygens (including phenoxy) is 1. The van der Waals surface area contributed by atoms with Crippen molar-refractivity contribution in [2.24, 2.45) is 5.92 Å². The summed E-state index contributed by atoms with van der Waals surface area (Å²) in [6.07, 6.45) is 0. The smallest absolute Gasteiger partial charge is 0.321 e. The van der Waals surface area contributed by atoms with Gasteiger partial charge in [-0.25, -0.2) is 4.98 Å². The van der Waals surface area contributed by atoms with Gasteiger partial charge < -0.3 is 14.4 Å². The van der Waals surface area contributed by atoms with Gasteiger partial charge in [0.25, 0.3) is 0 Å². The Kier molecular flexibility index (Phi) is 3.84. The average Bonchev–Trinajstić information content (AvgIpc) is 2.99. The Bertz CT molecular complexity index is 994. The summed E-state index contributed by atoms with van der Waals surface area (Å²) in [6.45, 7) is 1.88. The third kappa shape index (κ3) is 2.48. The molecule has 0 bridgehead atoms. The first kappa shape index (κ1) is 16.1. The van der Waals surface area contributed by atoms with E-state index in [1.54, 1.807) is 19.1 Å². The van der Waals surface area contributed by atoms with Crippen LogP contribution in [0.1, 0.15) is 18.5 Å². The van der Waals surface area contributed by atoms with Crippen molar-refractivity contribution < 1.29 is 19.4 Å². The lowest BCUT2D eigenvalue weighted by molar-refractivity contribution is -0.152. The summed E-state index contributed by atoms with van der Waals surface area (Å²) in [6, 6.07) is 13.3.